The first-order valence-corrected chi connectivity index (χ1v) is 10.9. The summed E-state index contributed by atoms with van der Waals surface area (Å²) in [5.74, 6) is -0.338. The molecule has 0 atom stereocenters. The molecule has 0 spiro atoms. The van der Waals surface area contributed by atoms with Crippen molar-refractivity contribution in [2.75, 3.05) is 13.1 Å². The highest BCUT2D eigenvalue weighted by Crippen LogP contribution is 2.22. The van der Waals surface area contributed by atoms with Crippen LogP contribution in [0.25, 0.3) is 0 Å². The van der Waals surface area contributed by atoms with Gasteiger partial charge in [0.1, 0.15) is 10.6 Å². The monoisotopic (exact) mass is 409 g/mol. The molecule has 0 aliphatic carbocycles. The third-order valence-corrected chi connectivity index (χ3v) is 7.05. The Morgan fingerprint density at radius 1 is 1.15 bits per heavy atom. The van der Waals surface area contributed by atoms with E-state index in [0.29, 0.717) is 23.8 Å². The molecular formula is C19H24ClN3O3S. The van der Waals surface area contributed by atoms with Crippen LogP contribution in [-0.2, 0) is 23.6 Å². The molecule has 1 amide bonds. The molecule has 0 radical (unpaired) electrons. The van der Waals surface area contributed by atoms with E-state index in [-0.39, 0.29) is 17.3 Å². The third-order valence-electron chi connectivity index (χ3n) is 4.81. The van der Waals surface area contributed by atoms with Gasteiger partial charge in [0.2, 0.25) is 10.0 Å². The molecule has 1 aromatic carbocycles. The second kappa shape index (κ2) is 8.46. The minimum Gasteiger partial charge on any atom is -0.347 e. The number of carbonyl (C=O) groups is 1. The number of aromatic nitrogens is 1. The number of nitrogens with zero attached hydrogens (tertiary/aromatic N) is 2. The zero-order valence-electron chi connectivity index (χ0n) is 15.3. The van der Waals surface area contributed by atoms with Crippen molar-refractivity contribution < 1.29 is 13.2 Å². The first kappa shape index (κ1) is 19.9. The van der Waals surface area contributed by atoms with Crippen LogP contribution in [0.5, 0.6) is 0 Å². The molecule has 1 saturated heterocycles. The highest BCUT2D eigenvalue weighted by atomic mass is 35.5. The Balaban J connectivity index is 1.75. The van der Waals surface area contributed by atoms with Crippen molar-refractivity contribution >= 4 is 27.5 Å². The summed E-state index contributed by atoms with van der Waals surface area (Å²) in [5.41, 5.74) is 1.11. The quantitative estimate of drug-likeness (QED) is 0.824. The standard InChI is InChI=1S/C19H24ClN3O3S/c1-22-14-16(27(25,26)23-10-6-2-3-7-11-23)12-18(22)19(24)21-13-15-8-4-5-9-17(15)20/h4-5,8-9,12,14H,2-3,6-7,10-11,13H2,1H3,(H,21,24). The maximum absolute atomic E-state index is 12.9. The number of carbonyl (C=O) groups excluding carboxylic acids is 1. The zero-order valence-corrected chi connectivity index (χ0v) is 16.9. The largest absolute Gasteiger partial charge is 0.347 e. The number of sulfonamides is 1. The SMILES string of the molecule is Cn1cc(S(=O)(=O)N2CCCCCC2)cc1C(=O)NCc1ccccc1Cl. The predicted octanol–water partition coefficient (Wildman–Crippen LogP) is 3.17. The molecular weight excluding hydrogens is 386 g/mol. The molecule has 6 nitrogen and oxygen atoms in total. The number of amides is 1. The number of rotatable bonds is 5. The van der Waals surface area contributed by atoms with E-state index < -0.39 is 10.0 Å². The summed E-state index contributed by atoms with van der Waals surface area (Å²) >= 11 is 6.11. The van der Waals surface area contributed by atoms with E-state index in [1.165, 1.54) is 16.6 Å². The van der Waals surface area contributed by atoms with Crippen molar-refractivity contribution in [3.8, 4) is 0 Å². The number of nitrogens with one attached hydrogen (secondary N) is 1. The Bertz CT molecular complexity index is 916. The molecule has 2 heterocycles. The van der Waals surface area contributed by atoms with Gasteiger partial charge in [-0.2, -0.15) is 4.31 Å². The fourth-order valence-corrected chi connectivity index (χ4v) is 5.03. The van der Waals surface area contributed by atoms with Gasteiger partial charge in [-0.3, -0.25) is 4.79 Å². The van der Waals surface area contributed by atoms with Gasteiger partial charge in [-0.25, -0.2) is 8.42 Å². The van der Waals surface area contributed by atoms with Crippen molar-refractivity contribution in [1.82, 2.24) is 14.2 Å². The van der Waals surface area contributed by atoms with Crippen molar-refractivity contribution in [1.29, 1.82) is 0 Å². The van der Waals surface area contributed by atoms with Crippen LogP contribution in [0.3, 0.4) is 0 Å². The van der Waals surface area contributed by atoms with Gasteiger partial charge in [0.05, 0.1) is 0 Å². The topological polar surface area (TPSA) is 71.4 Å². The van der Waals surface area contributed by atoms with Crippen LogP contribution >= 0.6 is 11.6 Å². The van der Waals surface area contributed by atoms with Gasteiger partial charge < -0.3 is 9.88 Å². The number of hydrogen-bond acceptors (Lipinski definition) is 3. The maximum Gasteiger partial charge on any atom is 0.268 e. The molecule has 0 saturated carbocycles. The van der Waals surface area contributed by atoms with Gasteiger partial charge >= 0.3 is 0 Å². The summed E-state index contributed by atoms with van der Waals surface area (Å²) < 4.78 is 28.9. The molecule has 0 unspecified atom stereocenters. The summed E-state index contributed by atoms with van der Waals surface area (Å²) in [5, 5.41) is 3.38. The summed E-state index contributed by atoms with van der Waals surface area (Å²) in [6.07, 6.45) is 5.35. The van der Waals surface area contributed by atoms with E-state index in [9.17, 15) is 13.2 Å². The van der Waals surface area contributed by atoms with Crippen molar-refractivity contribution in [3.05, 3.63) is 52.8 Å². The molecule has 1 fully saturated rings. The molecule has 1 aromatic heterocycles. The van der Waals surface area contributed by atoms with Gasteiger partial charge in [0, 0.05) is 37.9 Å². The summed E-state index contributed by atoms with van der Waals surface area (Å²) in [6, 6.07) is 8.72. The van der Waals surface area contributed by atoms with E-state index in [1.54, 1.807) is 17.7 Å². The first-order chi connectivity index (χ1) is 12.9. The lowest BCUT2D eigenvalue weighted by molar-refractivity contribution is 0.0943. The van der Waals surface area contributed by atoms with Crippen LogP contribution in [-0.4, -0.2) is 36.3 Å². The van der Waals surface area contributed by atoms with E-state index >= 15 is 0 Å². The fraction of sp³-hybridized carbons (Fsp3) is 0.421. The zero-order chi connectivity index (χ0) is 19.4. The minimum atomic E-state index is -3.58. The second-order valence-electron chi connectivity index (χ2n) is 6.76. The molecule has 0 bridgehead atoms. The summed E-state index contributed by atoms with van der Waals surface area (Å²) in [7, 11) is -1.91. The Labute approximate surface area is 165 Å². The summed E-state index contributed by atoms with van der Waals surface area (Å²) in [4.78, 5) is 12.7. The normalized spacial score (nSPS) is 16.1. The van der Waals surface area contributed by atoms with Crippen LogP contribution in [0.4, 0.5) is 0 Å². The predicted molar refractivity (Wildman–Crippen MR) is 105 cm³/mol. The highest BCUT2D eigenvalue weighted by molar-refractivity contribution is 7.89. The molecule has 2 aromatic rings. The highest BCUT2D eigenvalue weighted by Gasteiger charge is 2.27. The number of aryl methyl sites for hydroxylation is 1. The van der Waals surface area contributed by atoms with E-state index in [2.05, 4.69) is 5.32 Å². The molecule has 8 heteroatoms. The third kappa shape index (κ3) is 4.54. The van der Waals surface area contributed by atoms with Crippen LogP contribution in [0.15, 0.2) is 41.4 Å². The molecule has 27 heavy (non-hydrogen) atoms. The van der Waals surface area contributed by atoms with Gasteiger partial charge in [-0.1, -0.05) is 42.6 Å². The first-order valence-electron chi connectivity index (χ1n) is 9.08. The van der Waals surface area contributed by atoms with E-state index in [1.807, 2.05) is 18.2 Å². The number of hydrogen-bond donors (Lipinski definition) is 1. The number of benzene rings is 1. The Morgan fingerprint density at radius 2 is 1.81 bits per heavy atom. The van der Waals surface area contributed by atoms with Crippen molar-refractivity contribution in [2.24, 2.45) is 7.05 Å². The molecule has 146 valence electrons. The van der Waals surface area contributed by atoms with Crippen molar-refractivity contribution in [3.63, 3.8) is 0 Å². The average molecular weight is 410 g/mol. The lowest BCUT2D eigenvalue weighted by Gasteiger charge is -2.18. The summed E-state index contributed by atoms with van der Waals surface area (Å²) in [6.45, 7) is 1.34. The minimum absolute atomic E-state index is 0.162. The fourth-order valence-electron chi connectivity index (χ4n) is 3.24. The number of halogens is 1. The molecule has 1 aliphatic heterocycles. The average Bonchev–Trinajstić information content (AvgIpc) is 2.85. The van der Waals surface area contributed by atoms with Crippen LogP contribution < -0.4 is 5.32 Å². The molecule has 3 rings (SSSR count). The molecule has 1 N–H and O–H groups in total. The van der Waals surface area contributed by atoms with Gasteiger partial charge in [0.25, 0.3) is 5.91 Å². The van der Waals surface area contributed by atoms with Gasteiger partial charge in [-0.15, -0.1) is 0 Å². The van der Waals surface area contributed by atoms with Crippen LogP contribution in [0, 0.1) is 0 Å². The van der Waals surface area contributed by atoms with E-state index in [0.717, 1.165) is 31.2 Å². The van der Waals surface area contributed by atoms with E-state index in [4.69, 9.17) is 11.6 Å². The lowest BCUT2D eigenvalue weighted by Crippen LogP contribution is -2.31. The van der Waals surface area contributed by atoms with Crippen LogP contribution in [0.1, 0.15) is 41.7 Å². The molecule has 1 aliphatic rings. The van der Waals surface area contributed by atoms with Gasteiger partial charge in [-0.05, 0) is 30.5 Å². The maximum atomic E-state index is 12.9. The van der Waals surface area contributed by atoms with Crippen LogP contribution in [0.2, 0.25) is 5.02 Å². The van der Waals surface area contributed by atoms with Crippen molar-refractivity contribution in [2.45, 2.75) is 37.1 Å². The lowest BCUT2D eigenvalue weighted by atomic mass is 10.2. The Morgan fingerprint density at radius 3 is 2.48 bits per heavy atom. The smallest absolute Gasteiger partial charge is 0.268 e. The second-order valence-corrected chi connectivity index (χ2v) is 9.11. The van der Waals surface area contributed by atoms with Gasteiger partial charge in [0.15, 0.2) is 0 Å². The Kier molecular flexibility index (Phi) is 6.24. The Hall–Kier alpha value is -1.83.